The number of hydrogen-bond acceptors (Lipinski definition) is 4. The molecule has 1 heterocycles. The first-order valence-corrected chi connectivity index (χ1v) is 4.09. The van der Waals surface area contributed by atoms with Crippen LogP contribution in [0.5, 0.6) is 0 Å². The lowest BCUT2D eigenvalue weighted by Crippen LogP contribution is -2.32. The van der Waals surface area contributed by atoms with Crippen LogP contribution in [0.4, 0.5) is 0 Å². The topological polar surface area (TPSA) is 114 Å². The van der Waals surface area contributed by atoms with E-state index in [2.05, 4.69) is 4.98 Å². The highest BCUT2D eigenvalue weighted by molar-refractivity contribution is 5.80. The fraction of sp³-hybridized carbons (Fsp3) is 0.222. The molecule has 1 aromatic rings. The minimum Gasteiger partial charge on any atom is -0.481 e. The van der Waals surface area contributed by atoms with Crippen molar-refractivity contribution >= 4 is 11.9 Å². The maximum atomic E-state index is 9.85. The Morgan fingerprint density at radius 2 is 1.73 bits per heavy atom. The van der Waals surface area contributed by atoms with Gasteiger partial charge in [0.25, 0.3) is 0 Å². The van der Waals surface area contributed by atoms with E-state index in [9.17, 15) is 9.59 Å². The van der Waals surface area contributed by atoms with Crippen LogP contribution in [0, 0.1) is 0 Å². The number of aliphatic carboxylic acids is 2. The van der Waals surface area contributed by atoms with Gasteiger partial charge >= 0.3 is 11.9 Å². The van der Waals surface area contributed by atoms with Crippen molar-refractivity contribution in [2.45, 2.75) is 12.5 Å². The number of aromatic nitrogens is 1. The van der Waals surface area contributed by atoms with Gasteiger partial charge in [-0.1, -0.05) is 6.07 Å². The molecule has 0 fully saturated rings. The van der Waals surface area contributed by atoms with Gasteiger partial charge in [0, 0.05) is 12.4 Å². The van der Waals surface area contributed by atoms with E-state index in [4.69, 9.17) is 15.9 Å². The van der Waals surface area contributed by atoms with Crippen LogP contribution in [0.1, 0.15) is 6.42 Å². The van der Waals surface area contributed by atoms with Gasteiger partial charge < -0.3 is 15.9 Å². The van der Waals surface area contributed by atoms with Gasteiger partial charge in [0.2, 0.25) is 0 Å². The highest BCUT2D eigenvalue weighted by Gasteiger charge is 2.14. The molecule has 0 unspecified atom stereocenters. The highest BCUT2D eigenvalue weighted by atomic mass is 16.4. The number of nitrogens with zero attached hydrogens (tertiary/aromatic N) is 1. The fourth-order valence-electron chi connectivity index (χ4n) is 0.588. The summed E-state index contributed by atoms with van der Waals surface area (Å²) in [6.07, 6.45) is 2.97. The van der Waals surface area contributed by atoms with Crippen LogP contribution in [-0.2, 0) is 9.59 Å². The van der Waals surface area contributed by atoms with Crippen LogP contribution in [0.15, 0.2) is 30.6 Å². The van der Waals surface area contributed by atoms with Crippen LogP contribution in [0.2, 0.25) is 0 Å². The van der Waals surface area contributed by atoms with E-state index in [1.54, 1.807) is 12.4 Å². The summed E-state index contributed by atoms with van der Waals surface area (Å²) in [5.74, 6) is -2.50. The molecule has 4 N–H and O–H groups in total. The van der Waals surface area contributed by atoms with Crippen LogP contribution in [-0.4, -0.2) is 33.2 Å². The second kappa shape index (κ2) is 7.45. The lowest BCUT2D eigenvalue weighted by atomic mass is 10.2. The predicted molar refractivity (Wildman–Crippen MR) is 52.1 cm³/mol. The summed E-state index contributed by atoms with van der Waals surface area (Å²) in [5, 5.41) is 16.0. The molecule has 82 valence electrons. The molecule has 1 atom stereocenters. The molecule has 1 rings (SSSR count). The second-order valence-electron chi connectivity index (χ2n) is 2.57. The number of nitrogens with two attached hydrogens (primary N) is 1. The van der Waals surface area contributed by atoms with Crippen molar-refractivity contribution in [2.24, 2.45) is 5.73 Å². The van der Waals surface area contributed by atoms with Gasteiger partial charge in [-0.25, -0.2) is 0 Å². The molecule has 0 aliphatic carbocycles. The molecule has 0 spiro atoms. The number of carboxylic acids is 2. The van der Waals surface area contributed by atoms with Crippen molar-refractivity contribution in [3.05, 3.63) is 30.6 Å². The molecular weight excluding hydrogens is 200 g/mol. The molecule has 1 aromatic heterocycles. The van der Waals surface area contributed by atoms with Gasteiger partial charge in [-0.15, -0.1) is 0 Å². The Kier molecular flexibility index (Phi) is 6.48. The smallest absolute Gasteiger partial charge is 0.321 e. The first kappa shape index (κ1) is 13.1. The van der Waals surface area contributed by atoms with E-state index >= 15 is 0 Å². The Labute approximate surface area is 86.4 Å². The summed E-state index contributed by atoms with van der Waals surface area (Å²) in [6, 6.07) is 4.43. The molecule has 0 aliphatic rings. The summed E-state index contributed by atoms with van der Waals surface area (Å²) < 4.78 is 0. The molecule has 6 heteroatoms. The molecule has 0 aromatic carbocycles. The zero-order valence-corrected chi connectivity index (χ0v) is 7.91. The van der Waals surface area contributed by atoms with E-state index in [1.807, 2.05) is 18.2 Å². The third-order valence-corrected chi connectivity index (χ3v) is 1.28. The van der Waals surface area contributed by atoms with Gasteiger partial charge in [0.15, 0.2) is 0 Å². The van der Waals surface area contributed by atoms with E-state index in [0.717, 1.165) is 0 Å². The quantitative estimate of drug-likeness (QED) is 0.647. The standard InChI is InChI=1S/C5H5N.C4H7NO4/c1-2-4-6-5-3-1;5-2(4(8)9)1-3(6)7/h1-5H;2H,1,5H2,(H,6,7)(H,8,9)/t;2-/m.0/s1. The Hall–Kier alpha value is -1.95. The normalized spacial score (nSPS) is 10.7. The van der Waals surface area contributed by atoms with Crippen molar-refractivity contribution in [1.82, 2.24) is 4.98 Å². The monoisotopic (exact) mass is 212 g/mol. The largest absolute Gasteiger partial charge is 0.481 e. The van der Waals surface area contributed by atoms with E-state index < -0.39 is 24.4 Å². The van der Waals surface area contributed by atoms with Crippen LogP contribution in [0.25, 0.3) is 0 Å². The Morgan fingerprint density at radius 1 is 1.20 bits per heavy atom. The number of carbonyl (C=O) groups is 2. The summed E-state index contributed by atoms with van der Waals surface area (Å²) in [4.78, 5) is 23.4. The SMILES string of the molecule is N[C@@H](CC(=O)O)C(=O)O.c1ccncc1. The number of carboxylic acid groups (broad SMARTS) is 2. The summed E-state index contributed by atoms with van der Waals surface area (Å²) >= 11 is 0. The molecular formula is C9H12N2O4. The lowest BCUT2D eigenvalue weighted by molar-refractivity contribution is -0.144. The minimum atomic E-state index is -1.29. The Morgan fingerprint density at radius 3 is 1.87 bits per heavy atom. The van der Waals surface area contributed by atoms with Crippen molar-refractivity contribution in [3.63, 3.8) is 0 Å². The van der Waals surface area contributed by atoms with Crippen molar-refractivity contribution in [3.8, 4) is 0 Å². The third-order valence-electron chi connectivity index (χ3n) is 1.28. The highest BCUT2D eigenvalue weighted by Crippen LogP contribution is 1.86. The van der Waals surface area contributed by atoms with Gasteiger partial charge in [-0.05, 0) is 12.1 Å². The van der Waals surface area contributed by atoms with Crippen LogP contribution < -0.4 is 5.73 Å². The van der Waals surface area contributed by atoms with Gasteiger partial charge in [0.05, 0.1) is 6.42 Å². The van der Waals surface area contributed by atoms with E-state index in [-0.39, 0.29) is 0 Å². The molecule has 15 heavy (non-hydrogen) atoms. The van der Waals surface area contributed by atoms with Crippen LogP contribution >= 0.6 is 0 Å². The Bertz CT molecular complexity index is 276. The number of hydrogen-bond donors (Lipinski definition) is 3. The van der Waals surface area contributed by atoms with Crippen molar-refractivity contribution in [2.75, 3.05) is 0 Å². The van der Waals surface area contributed by atoms with Crippen LogP contribution in [0.3, 0.4) is 0 Å². The average Bonchev–Trinajstić information content (AvgIpc) is 2.20. The summed E-state index contributed by atoms with van der Waals surface area (Å²) in [6.45, 7) is 0. The average molecular weight is 212 g/mol. The third kappa shape index (κ3) is 8.38. The van der Waals surface area contributed by atoms with Gasteiger partial charge in [-0.2, -0.15) is 0 Å². The maximum Gasteiger partial charge on any atom is 0.321 e. The lowest BCUT2D eigenvalue weighted by Gasteiger charge is -1.99. The molecule has 0 radical (unpaired) electrons. The first-order chi connectivity index (χ1) is 7.04. The van der Waals surface area contributed by atoms with Gasteiger partial charge in [-0.3, -0.25) is 14.6 Å². The zero-order valence-electron chi connectivity index (χ0n) is 7.91. The summed E-state index contributed by atoms with van der Waals surface area (Å²) in [7, 11) is 0. The predicted octanol–water partition coefficient (Wildman–Crippen LogP) is -0.0454. The molecule has 0 saturated carbocycles. The Balaban J connectivity index is 0.000000280. The van der Waals surface area contributed by atoms with Crippen molar-refractivity contribution in [1.29, 1.82) is 0 Å². The maximum absolute atomic E-state index is 9.85. The fourth-order valence-corrected chi connectivity index (χ4v) is 0.588. The van der Waals surface area contributed by atoms with Crippen molar-refractivity contribution < 1.29 is 19.8 Å². The molecule has 0 saturated heterocycles. The number of rotatable bonds is 3. The van der Waals surface area contributed by atoms with Gasteiger partial charge in [0.1, 0.15) is 6.04 Å². The summed E-state index contributed by atoms with van der Waals surface area (Å²) in [5.41, 5.74) is 4.84. The van der Waals surface area contributed by atoms with E-state index in [0.29, 0.717) is 0 Å². The van der Waals surface area contributed by atoms with E-state index in [1.165, 1.54) is 0 Å². The zero-order chi connectivity index (χ0) is 11.7. The molecule has 6 nitrogen and oxygen atoms in total. The molecule has 0 aliphatic heterocycles. The molecule has 0 bridgehead atoms. The second-order valence-corrected chi connectivity index (χ2v) is 2.57. The minimum absolute atomic E-state index is 0.532. The number of pyridine rings is 1. The first-order valence-electron chi connectivity index (χ1n) is 4.09. The molecule has 0 amide bonds.